The molecule has 31 heavy (non-hydrogen) atoms. The molecule has 1 aromatic carbocycles. The molecule has 6 rings (SSSR count). The third kappa shape index (κ3) is 3.41. The number of benzene rings is 1. The zero-order chi connectivity index (χ0) is 21.1. The van der Waals surface area contributed by atoms with E-state index in [4.69, 9.17) is 11.6 Å². The second kappa shape index (κ2) is 7.96. The molecule has 2 aromatic rings. The van der Waals surface area contributed by atoms with E-state index < -0.39 is 0 Å². The minimum atomic E-state index is 0.0224. The van der Waals surface area contributed by atoms with Crippen LogP contribution in [-0.4, -0.2) is 33.7 Å². The van der Waals surface area contributed by atoms with Crippen LogP contribution in [0.2, 0.25) is 5.02 Å². The summed E-state index contributed by atoms with van der Waals surface area (Å²) in [6, 6.07) is 8.23. The van der Waals surface area contributed by atoms with E-state index in [2.05, 4.69) is 12.1 Å². The van der Waals surface area contributed by atoms with Crippen LogP contribution in [0.4, 0.5) is 0 Å². The summed E-state index contributed by atoms with van der Waals surface area (Å²) in [6.45, 7) is 1.85. The number of amides is 1. The molecule has 2 aliphatic heterocycles. The molecule has 2 saturated carbocycles. The number of hydrogen-bond donors (Lipinski definition) is 0. The Morgan fingerprint density at radius 2 is 1.81 bits per heavy atom. The second-order valence-electron chi connectivity index (χ2n) is 9.59. The third-order valence-corrected chi connectivity index (χ3v) is 11.0. The number of likely N-dealkylation sites (tertiary alicyclic amines) is 1. The molecule has 4 nitrogen and oxygen atoms in total. The van der Waals surface area contributed by atoms with Gasteiger partial charge in [0.05, 0.1) is 5.03 Å². The van der Waals surface area contributed by atoms with Crippen molar-refractivity contribution in [2.24, 2.45) is 17.8 Å². The van der Waals surface area contributed by atoms with Crippen molar-refractivity contribution in [3.63, 3.8) is 0 Å². The Morgan fingerprint density at radius 3 is 2.58 bits per heavy atom. The van der Waals surface area contributed by atoms with E-state index >= 15 is 0 Å². The van der Waals surface area contributed by atoms with Crippen LogP contribution in [0.1, 0.15) is 54.9 Å². The second-order valence-corrected chi connectivity index (χ2v) is 12.2. The van der Waals surface area contributed by atoms with Crippen LogP contribution >= 0.6 is 34.7 Å². The lowest BCUT2D eigenvalue weighted by molar-refractivity contribution is -0.132. The summed E-state index contributed by atoms with van der Waals surface area (Å²) in [4.78, 5) is 29.3. The maximum atomic E-state index is 13.1. The molecular weight excluding hydrogens is 448 g/mol. The Labute approximate surface area is 196 Å². The average Bonchev–Trinajstić information content (AvgIpc) is 3.48. The fourth-order valence-electron chi connectivity index (χ4n) is 6.51. The Morgan fingerprint density at radius 1 is 1.06 bits per heavy atom. The molecule has 164 valence electrons. The number of nitrogens with zero attached hydrogens (tertiary/aromatic N) is 2. The Bertz CT molecular complexity index is 1060. The van der Waals surface area contributed by atoms with Crippen LogP contribution in [0.5, 0.6) is 0 Å². The molecule has 1 aromatic heterocycles. The number of rotatable bonds is 3. The summed E-state index contributed by atoms with van der Waals surface area (Å²) in [7, 11) is 0. The molecule has 2 bridgehead atoms. The van der Waals surface area contributed by atoms with Crippen LogP contribution in [0.25, 0.3) is 0 Å². The van der Waals surface area contributed by atoms with E-state index in [0.717, 1.165) is 47.8 Å². The summed E-state index contributed by atoms with van der Waals surface area (Å²) in [5.41, 5.74) is 1.27. The topological polar surface area (TPSA) is 42.3 Å². The van der Waals surface area contributed by atoms with Gasteiger partial charge in [-0.3, -0.25) is 14.2 Å². The number of halogens is 1. The van der Waals surface area contributed by atoms with Crippen molar-refractivity contribution in [3.05, 3.63) is 49.4 Å². The summed E-state index contributed by atoms with van der Waals surface area (Å²) >= 11 is 9.46. The summed E-state index contributed by atoms with van der Waals surface area (Å²) in [5.74, 6) is 2.42. The fraction of sp³-hybridized carbons (Fsp3) is 0.583. The number of carbonyl (C=O) groups excluding carboxylic acids is 1. The molecule has 1 amide bonds. The van der Waals surface area contributed by atoms with Gasteiger partial charge in [0.25, 0.3) is 0 Å². The molecule has 5 atom stereocenters. The molecule has 3 fully saturated rings. The van der Waals surface area contributed by atoms with Gasteiger partial charge < -0.3 is 4.90 Å². The van der Waals surface area contributed by atoms with Gasteiger partial charge in [-0.05, 0) is 74.0 Å². The Hall–Kier alpha value is -1.24. The number of carbonyl (C=O) groups is 1. The van der Waals surface area contributed by atoms with Crippen LogP contribution in [0.3, 0.4) is 0 Å². The van der Waals surface area contributed by atoms with Gasteiger partial charge in [-0.1, -0.05) is 35.1 Å². The molecule has 7 heteroatoms. The largest absolute Gasteiger partial charge is 0.341 e. The normalized spacial score (nSPS) is 31.5. The van der Waals surface area contributed by atoms with Crippen molar-refractivity contribution < 1.29 is 4.79 Å². The average molecular weight is 475 g/mol. The molecule has 2 aliphatic carbocycles. The smallest absolute Gasteiger partial charge is 0.308 e. The zero-order valence-electron chi connectivity index (χ0n) is 17.5. The maximum Gasteiger partial charge on any atom is 0.308 e. The fourth-order valence-corrected chi connectivity index (χ4v) is 9.79. The number of thioether (sulfide) groups is 1. The first-order chi connectivity index (χ1) is 15.1. The van der Waals surface area contributed by atoms with Gasteiger partial charge in [-0.2, -0.15) is 0 Å². The number of piperidine rings is 1. The first-order valence-corrected chi connectivity index (χ1v) is 13.6. The van der Waals surface area contributed by atoms with Crippen molar-refractivity contribution in [1.82, 2.24) is 9.47 Å². The van der Waals surface area contributed by atoms with Crippen molar-refractivity contribution in [2.75, 3.05) is 13.1 Å². The van der Waals surface area contributed by atoms with E-state index in [-0.39, 0.29) is 23.2 Å². The quantitative estimate of drug-likeness (QED) is 0.611. The summed E-state index contributed by atoms with van der Waals surface area (Å²) in [6.07, 6.45) is 7.28. The van der Waals surface area contributed by atoms with Crippen LogP contribution in [0.15, 0.2) is 34.1 Å². The predicted octanol–water partition coefficient (Wildman–Crippen LogP) is 5.23. The van der Waals surface area contributed by atoms with Gasteiger partial charge in [0.15, 0.2) is 0 Å². The lowest BCUT2D eigenvalue weighted by atomic mass is 9.75. The highest BCUT2D eigenvalue weighted by Crippen LogP contribution is 2.64. The first kappa shape index (κ1) is 20.4. The Balaban J connectivity index is 1.40. The van der Waals surface area contributed by atoms with Gasteiger partial charge in [-0.15, -0.1) is 11.8 Å². The molecule has 0 radical (unpaired) electrons. The highest BCUT2D eigenvalue weighted by molar-refractivity contribution is 8.00. The minimum Gasteiger partial charge on any atom is -0.341 e. The van der Waals surface area contributed by atoms with E-state index in [9.17, 15) is 9.59 Å². The van der Waals surface area contributed by atoms with E-state index in [1.807, 2.05) is 28.8 Å². The third-order valence-electron chi connectivity index (χ3n) is 7.92. The number of hydrogen-bond acceptors (Lipinski definition) is 4. The minimum absolute atomic E-state index is 0.0224. The van der Waals surface area contributed by atoms with Crippen molar-refractivity contribution in [2.45, 2.75) is 61.3 Å². The molecule has 5 unspecified atom stereocenters. The van der Waals surface area contributed by atoms with E-state index in [1.165, 1.54) is 47.5 Å². The highest BCUT2D eigenvalue weighted by atomic mass is 35.5. The van der Waals surface area contributed by atoms with Gasteiger partial charge in [-0.25, -0.2) is 0 Å². The van der Waals surface area contributed by atoms with Gasteiger partial charge in [0.1, 0.15) is 6.54 Å². The standard InChI is InChI=1S/C24H27ClN2O2S2/c25-17-8-6-14(7-9-17)19-20-15-4-5-16(12-15)21(20)30-23-22(19)31-24(29)27(23)13-18(28)26-10-2-1-3-11-26/h6-9,15-16,19-21H,1-5,10-13H2. The van der Waals surface area contributed by atoms with Crippen LogP contribution in [0, 0.1) is 17.8 Å². The molecule has 4 aliphatic rings. The maximum absolute atomic E-state index is 13.1. The number of fused-ring (bicyclic) bond motifs is 6. The molecule has 0 spiro atoms. The SMILES string of the molecule is O=C(Cn1c2c(sc1=O)C(c1ccc(Cl)cc1)C1C3CCC(C3)C1S2)N1CCCCC1. The zero-order valence-corrected chi connectivity index (χ0v) is 19.9. The molecular formula is C24H27ClN2O2S2. The Kier molecular flexibility index (Phi) is 5.23. The van der Waals surface area contributed by atoms with Gasteiger partial charge >= 0.3 is 4.87 Å². The number of aromatic nitrogens is 1. The van der Waals surface area contributed by atoms with E-state index in [1.54, 1.807) is 4.57 Å². The monoisotopic (exact) mass is 474 g/mol. The van der Waals surface area contributed by atoms with Crippen LogP contribution in [-0.2, 0) is 11.3 Å². The molecule has 1 saturated heterocycles. The highest BCUT2D eigenvalue weighted by Gasteiger charge is 2.55. The summed E-state index contributed by atoms with van der Waals surface area (Å²) in [5, 5.41) is 2.36. The van der Waals surface area contributed by atoms with Crippen molar-refractivity contribution in [3.8, 4) is 0 Å². The summed E-state index contributed by atoms with van der Waals surface area (Å²) < 4.78 is 1.80. The van der Waals surface area contributed by atoms with Crippen LogP contribution < -0.4 is 4.87 Å². The number of thiazole rings is 1. The van der Waals surface area contributed by atoms with Crippen molar-refractivity contribution in [1.29, 1.82) is 0 Å². The molecule has 3 heterocycles. The van der Waals surface area contributed by atoms with E-state index in [0.29, 0.717) is 11.2 Å². The van der Waals surface area contributed by atoms with Crippen molar-refractivity contribution >= 4 is 40.6 Å². The lowest BCUT2D eigenvalue weighted by Crippen LogP contribution is -2.39. The predicted molar refractivity (Wildman–Crippen MR) is 126 cm³/mol. The lowest BCUT2D eigenvalue weighted by Gasteiger charge is -2.40. The van der Waals surface area contributed by atoms with Gasteiger partial charge in [0.2, 0.25) is 5.91 Å². The molecule has 0 N–H and O–H groups in total. The van der Waals surface area contributed by atoms with Gasteiger partial charge in [0, 0.05) is 34.2 Å². The first-order valence-electron chi connectivity index (χ1n) is 11.5.